The lowest BCUT2D eigenvalue weighted by molar-refractivity contribution is -0.134. The molecular formula is C28H50N4O6S4. The summed E-state index contributed by atoms with van der Waals surface area (Å²) in [5.74, 6) is -1.90. The average Bonchev–Trinajstić information content (AvgIpc) is 3.25. The summed E-state index contributed by atoms with van der Waals surface area (Å²) in [6.07, 6.45) is 0.928. The van der Waals surface area contributed by atoms with E-state index < -0.39 is 35.5 Å². The Balaban J connectivity index is -0.00000380. The summed E-state index contributed by atoms with van der Waals surface area (Å²) in [4.78, 5) is 63.0. The number of carbonyl (C=O) groups excluding carboxylic acids is 5. The Labute approximate surface area is 277 Å². The highest BCUT2D eigenvalue weighted by Crippen LogP contribution is 2.24. The molecule has 1 heterocycles. The zero-order valence-electron chi connectivity index (χ0n) is 25.3. The quantitative estimate of drug-likeness (QED) is 0.253. The summed E-state index contributed by atoms with van der Waals surface area (Å²) < 4.78 is 5.32. The van der Waals surface area contributed by atoms with E-state index in [0.717, 1.165) is 5.56 Å². The Morgan fingerprint density at radius 3 is 2.10 bits per heavy atom. The van der Waals surface area contributed by atoms with E-state index >= 15 is 0 Å². The van der Waals surface area contributed by atoms with E-state index in [9.17, 15) is 24.0 Å². The van der Waals surface area contributed by atoms with E-state index in [0.29, 0.717) is 19.3 Å². The van der Waals surface area contributed by atoms with Crippen molar-refractivity contribution in [3.05, 3.63) is 35.9 Å². The molecule has 0 radical (unpaired) electrons. The second-order valence-electron chi connectivity index (χ2n) is 11.6. The zero-order valence-corrected chi connectivity index (χ0v) is 29.3. The monoisotopic (exact) mass is 666 g/mol. The zero-order chi connectivity index (χ0) is 28.5. The number of aldehydes is 1. The summed E-state index contributed by atoms with van der Waals surface area (Å²) in [6, 6.07) is 7.34. The van der Waals surface area contributed by atoms with Crippen LogP contribution in [0.15, 0.2) is 30.3 Å². The van der Waals surface area contributed by atoms with Crippen LogP contribution in [0.25, 0.3) is 0 Å². The smallest absolute Gasteiger partial charge is 0.408 e. The highest BCUT2D eigenvalue weighted by Gasteiger charge is 2.41. The Kier molecular flexibility index (Phi) is 21.2. The van der Waals surface area contributed by atoms with Gasteiger partial charge in [0.15, 0.2) is 0 Å². The van der Waals surface area contributed by atoms with Crippen molar-refractivity contribution < 1.29 is 28.7 Å². The molecule has 1 saturated heterocycles. The summed E-state index contributed by atoms with van der Waals surface area (Å²) in [7, 11) is 0. The predicted octanol–water partition coefficient (Wildman–Crippen LogP) is 2.91. The van der Waals surface area contributed by atoms with Gasteiger partial charge in [-0.15, -0.1) is 0 Å². The summed E-state index contributed by atoms with van der Waals surface area (Å²) in [5, 5.41) is 10.9. The van der Waals surface area contributed by atoms with E-state index in [2.05, 4.69) is 21.3 Å². The SMILES string of the molecule is CC(C)[C@](C)(NC(=O)OCc1ccccc1)C(=O)N[C@@H](CC(C)(C)C)C(=O)N[C@H](C=O)C[C@@H]1CCNC1=O.S.S.S.S. The van der Waals surface area contributed by atoms with Crippen LogP contribution in [-0.4, -0.2) is 54.3 Å². The molecule has 14 heteroatoms. The van der Waals surface area contributed by atoms with Crippen LogP contribution in [-0.2, 0) is 30.5 Å². The van der Waals surface area contributed by atoms with Crippen LogP contribution in [0.3, 0.4) is 0 Å². The number of hydrogen-bond donors (Lipinski definition) is 4. The number of nitrogens with one attached hydrogen (secondary N) is 4. The molecule has 1 aliphatic heterocycles. The van der Waals surface area contributed by atoms with Gasteiger partial charge in [-0.1, -0.05) is 65.0 Å². The van der Waals surface area contributed by atoms with Gasteiger partial charge in [0.05, 0.1) is 6.04 Å². The molecule has 1 aliphatic rings. The minimum Gasteiger partial charge on any atom is -0.445 e. The number of benzene rings is 1. The van der Waals surface area contributed by atoms with Crippen LogP contribution >= 0.6 is 54.0 Å². The van der Waals surface area contributed by atoms with Gasteiger partial charge in [0, 0.05) is 12.5 Å². The second kappa shape index (κ2) is 20.0. The van der Waals surface area contributed by atoms with Gasteiger partial charge in [-0.2, -0.15) is 54.0 Å². The van der Waals surface area contributed by atoms with Crippen LogP contribution in [0.1, 0.15) is 66.4 Å². The Morgan fingerprint density at radius 2 is 1.62 bits per heavy atom. The first-order valence-corrected chi connectivity index (χ1v) is 13.1. The molecule has 0 saturated carbocycles. The van der Waals surface area contributed by atoms with E-state index in [1.807, 2.05) is 51.1 Å². The maximum Gasteiger partial charge on any atom is 0.408 e. The molecule has 4 atom stereocenters. The number of ether oxygens (including phenoxy) is 1. The number of alkyl carbamates (subject to hydrolysis) is 1. The van der Waals surface area contributed by atoms with Crippen molar-refractivity contribution >= 4 is 84.1 Å². The van der Waals surface area contributed by atoms with Gasteiger partial charge >= 0.3 is 6.09 Å². The standard InChI is InChI=1S/C28H42N4O6.4H2S/c1-18(2)28(6,32-26(37)38-17-19-10-8-7-9-11-19)25(36)31-22(15-27(3,4)5)24(35)30-21(16-33)14-20-12-13-29-23(20)34;;;;/h7-11,16,18,20-22H,12-15,17H2,1-6H3,(H,29,34)(H,30,35)(H,31,36)(H,32,37);4*1H2/t20-,21-,22-,28-;;;;/m0..../s1. The molecular weight excluding hydrogens is 617 g/mol. The average molecular weight is 667 g/mol. The molecule has 0 aromatic heterocycles. The van der Waals surface area contributed by atoms with Crippen LogP contribution in [0.4, 0.5) is 4.79 Å². The molecule has 1 fully saturated rings. The van der Waals surface area contributed by atoms with Crippen LogP contribution in [0, 0.1) is 17.3 Å². The highest BCUT2D eigenvalue weighted by atomic mass is 32.1. The van der Waals surface area contributed by atoms with Gasteiger partial charge in [0.1, 0.15) is 24.5 Å². The molecule has 1 aromatic rings. The fourth-order valence-electron chi connectivity index (χ4n) is 4.17. The first-order chi connectivity index (χ1) is 17.7. The van der Waals surface area contributed by atoms with Crippen molar-refractivity contribution in [1.82, 2.24) is 21.3 Å². The number of carbonyl (C=O) groups is 5. The predicted molar refractivity (Wildman–Crippen MR) is 184 cm³/mol. The highest BCUT2D eigenvalue weighted by molar-refractivity contribution is 7.59. The molecule has 1 aromatic carbocycles. The topological polar surface area (TPSA) is 143 Å². The van der Waals surface area contributed by atoms with Crippen molar-refractivity contribution in [1.29, 1.82) is 0 Å². The third-order valence-electron chi connectivity index (χ3n) is 6.83. The van der Waals surface area contributed by atoms with E-state index in [1.165, 1.54) is 0 Å². The van der Waals surface area contributed by atoms with E-state index in [1.54, 1.807) is 20.8 Å². The molecule has 10 nitrogen and oxygen atoms in total. The van der Waals surface area contributed by atoms with Crippen LogP contribution in [0.2, 0.25) is 0 Å². The maximum atomic E-state index is 13.5. The summed E-state index contributed by atoms with van der Waals surface area (Å²) >= 11 is 0. The van der Waals surface area contributed by atoms with Gasteiger partial charge in [0.2, 0.25) is 17.7 Å². The molecule has 4 N–H and O–H groups in total. The second-order valence-corrected chi connectivity index (χ2v) is 11.6. The molecule has 242 valence electrons. The lowest BCUT2D eigenvalue weighted by atomic mass is 9.85. The Hall–Kier alpha value is -2.03. The fourth-order valence-corrected chi connectivity index (χ4v) is 4.17. The van der Waals surface area contributed by atoms with Crippen molar-refractivity contribution in [2.24, 2.45) is 17.3 Å². The summed E-state index contributed by atoms with van der Waals surface area (Å²) in [5.41, 5.74) is -0.913. The van der Waals surface area contributed by atoms with Gasteiger partial charge in [0.25, 0.3) is 0 Å². The number of rotatable bonds is 12. The van der Waals surface area contributed by atoms with Gasteiger partial charge < -0.3 is 30.8 Å². The largest absolute Gasteiger partial charge is 0.445 e. The summed E-state index contributed by atoms with van der Waals surface area (Å²) in [6.45, 7) is 11.5. The normalized spacial score (nSPS) is 16.7. The molecule has 0 unspecified atom stereocenters. The van der Waals surface area contributed by atoms with Crippen LogP contribution < -0.4 is 21.3 Å². The van der Waals surface area contributed by atoms with Gasteiger partial charge in [-0.25, -0.2) is 4.79 Å². The maximum absolute atomic E-state index is 13.5. The van der Waals surface area contributed by atoms with Crippen molar-refractivity contribution in [2.75, 3.05) is 6.54 Å². The molecule has 4 amide bonds. The molecule has 42 heavy (non-hydrogen) atoms. The first-order valence-electron chi connectivity index (χ1n) is 13.1. The Morgan fingerprint density at radius 1 is 1.02 bits per heavy atom. The lowest BCUT2D eigenvalue weighted by Crippen LogP contribution is -2.63. The number of amides is 4. The molecule has 2 rings (SSSR count). The number of hydrogen-bond acceptors (Lipinski definition) is 6. The minimum absolute atomic E-state index is 0. The third kappa shape index (κ3) is 14.0. The third-order valence-corrected chi connectivity index (χ3v) is 6.83. The molecule has 0 aliphatic carbocycles. The van der Waals surface area contributed by atoms with Crippen molar-refractivity contribution in [3.63, 3.8) is 0 Å². The lowest BCUT2D eigenvalue weighted by Gasteiger charge is -2.35. The molecule has 0 bridgehead atoms. The van der Waals surface area contributed by atoms with E-state index in [4.69, 9.17) is 4.74 Å². The molecule has 0 spiro atoms. The van der Waals surface area contributed by atoms with Crippen LogP contribution in [0.5, 0.6) is 0 Å². The van der Waals surface area contributed by atoms with Gasteiger partial charge in [-0.05, 0) is 43.1 Å². The minimum atomic E-state index is -1.38. The van der Waals surface area contributed by atoms with Crippen molar-refractivity contribution in [3.8, 4) is 0 Å². The first kappa shape index (κ1) is 44.4. The van der Waals surface area contributed by atoms with E-state index in [-0.39, 0.29) is 96.6 Å². The Bertz CT molecular complexity index is 1010. The fraction of sp³-hybridized carbons (Fsp3) is 0.607. The van der Waals surface area contributed by atoms with Crippen molar-refractivity contribution in [2.45, 2.75) is 85.0 Å². The van der Waals surface area contributed by atoms with Gasteiger partial charge in [-0.3, -0.25) is 14.4 Å².